The molecule has 3 aromatic rings. The highest BCUT2D eigenvalue weighted by Crippen LogP contribution is 2.34. The van der Waals surface area contributed by atoms with Gasteiger partial charge in [0.15, 0.2) is 0 Å². The van der Waals surface area contributed by atoms with E-state index in [2.05, 4.69) is 42.4 Å². The van der Waals surface area contributed by atoms with Crippen molar-refractivity contribution in [3.05, 3.63) is 41.9 Å². The number of pyridine rings is 1. The van der Waals surface area contributed by atoms with Gasteiger partial charge in [0.25, 0.3) is 5.91 Å². The lowest BCUT2D eigenvalue weighted by atomic mass is 9.89. The van der Waals surface area contributed by atoms with Gasteiger partial charge in [-0.15, -0.1) is 0 Å². The molecule has 1 fully saturated rings. The highest BCUT2D eigenvalue weighted by molar-refractivity contribution is 5.92. The van der Waals surface area contributed by atoms with Crippen molar-refractivity contribution in [1.82, 2.24) is 25.3 Å². The molecule has 9 heteroatoms. The monoisotopic (exact) mass is 424 g/mol. The van der Waals surface area contributed by atoms with Crippen LogP contribution in [0.3, 0.4) is 0 Å². The van der Waals surface area contributed by atoms with Crippen LogP contribution in [0.5, 0.6) is 6.01 Å². The summed E-state index contributed by atoms with van der Waals surface area (Å²) in [4.78, 5) is 30.9. The summed E-state index contributed by atoms with van der Waals surface area (Å²) in [7, 11) is 3.20. The van der Waals surface area contributed by atoms with Gasteiger partial charge in [0.1, 0.15) is 23.3 Å². The van der Waals surface area contributed by atoms with Crippen molar-refractivity contribution in [3.63, 3.8) is 0 Å². The number of ether oxygens (including phenoxy) is 2. The van der Waals surface area contributed by atoms with E-state index in [0.29, 0.717) is 18.3 Å². The van der Waals surface area contributed by atoms with Gasteiger partial charge < -0.3 is 24.7 Å². The van der Waals surface area contributed by atoms with Gasteiger partial charge in [0.2, 0.25) is 0 Å². The standard InChI is InChI=1S/C22H28N6O3/c1-14(13-30-3)31-22-26-18(21(29)23-2)11-19(27-22)28-9-6-15(7-10-28)17-12-25-20-16(17)5-4-8-24-20/h4-5,8,11-12,14-15H,6-7,9-10,13H2,1-3H3,(H,23,29)(H,24,25)/t14-/m1/s1. The number of carbonyl (C=O) groups is 1. The van der Waals surface area contributed by atoms with E-state index < -0.39 is 0 Å². The first-order valence-electron chi connectivity index (χ1n) is 10.5. The molecule has 1 saturated heterocycles. The molecule has 0 bridgehead atoms. The summed E-state index contributed by atoms with van der Waals surface area (Å²) in [6.07, 6.45) is 5.63. The van der Waals surface area contributed by atoms with Crippen LogP contribution >= 0.6 is 0 Å². The maximum atomic E-state index is 12.2. The summed E-state index contributed by atoms with van der Waals surface area (Å²) < 4.78 is 10.9. The zero-order valence-corrected chi connectivity index (χ0v) is 18.1. The van der Waals surface area contributed by atoms with Crippen molar-refractivity contribution in [2.24, 2.45) is 0 Å². The molecule has 4 rings (SSSR count). The van der Waals surface area contributed by atoms with Crippen LogP contribution in [-0.2, 0) is 4.74 Å². The molecule has 0 unspecified atom stereocenters. The minimum atomic E-state index is -0.269. The number of carbonyl (C=O) groups excluding carboxylic acids is 1. The third kappa shape index (κ3) is 4.61. The fourth-order valence-electron chi connectivity index (χ4n) is 4.06. The predicted octanol–water partition coefficient (Wildman–Crippen LogP) is 2.51. The van der Waals surface area contributed by atoms with Crippen molar-refractivity contribution in [2.45, 2.75) is 31.8 Å². The first-order chi connectivity index (χ1) is 15.1. The molecule has 0 spiro atoms. The van der Waals surface area contributed by atoms with Crippen LogP contribution in [0.15, 0.2) is 30.6 Å². The van der Waals surface area contributed by atoms with Crippen LogP contribution in [0.2, 0.25) is 0 Å². The van der Waals surface area contributed by atoms with Gasteiger partial charge in [-0.1, -0.05) is 0 Å². The second kappa shape index (κ2) is 9.30. The summed E-state index contributed by atoms with van der Waals surface area (Å²) in [5.41, 5.74) is 2.53. The van der Waals surface area contributed by atoms with Crippen LogP contribution in [0.1, 0.15) is 41.7 Å². The molecule has 0 saturated carbocycles. The number of H-pyrrole nitrogens is 1. The molecule has 1 aliphatic heterocycles. The van der Waals surface area contributed by atoms with E-state index in [-0.39, 0.29) is 23.7 Å². The van der Waals surface area contributed by atoms with Crippen LogP contribution in [-0.4, -0.2) is 65.8 Å². The molecule has 1 atom stereocenters. The number of aromatic nitrogens is 4. The maximum Gasteiger partial charge on any atom is 0.319 e. The van der Waals surface area contributed by atoms with E-state index in [1.54, 1.807) is 26.4 Å². The number of rotatable bonds is 7. The quantitative estimate of drug-likeness (QED) is 0.600. The zero-order chi connectivity index (χ0) is 21.8. The Morgan fingerprint density at radius 3 is 2.90 bits per heavy atom. The molecule has 1 amide bonds. The van der Waals surface area contributed by atoms with Gasteiger partial charge in [0, 0.05) is 51.1 Å². The minimum Gasteiger partial charge on any atom is -0.458 e. The SMILES string of the molecule is CNC(=O)c1cc(N2CCC(c3c[nH]c4ncccc34)CC2)nc(O[C@H](C)COC)n1. The summed E-state index contributed by atoms with van der Waals surface area (Å²) in [5.74, 6) is 0.883. The summed E-state index contributed by atoms with van der Waals surface area (Å²) in [6, 6.07) is 6.00. The lowest BCUT2D eigenvalue weighted by Crippen LogP contribution is -2.34. The topological polar surface area (TPSA) is 105 Å². The lowest BCUT2D eigenvalue weighted by Gasteiger charge is -2.33. The van der Waals surface area contributed by atoms with E-state index >= 15 is 0 Å². The summed E-state index contributed by atoms with van der Waals surface area (Å²) in [6.45, 7) is 3.94. The Bertz CT molecular complexity index is 1040. The molecular weight excluding hydrogens is 396 g/mol. The molecular formula is C22H28N6O3. The largest absolute Gasteiger partial charge is 0.458 e. The van der Waals surface area contributed by atoms with Crippen LogP contribution in [0.4, 0.5) is 5.82 Å². The van der Waals surface area contributed by atoms with Gasteiger partial charge in [-0.25, -0.2) is 4.98 Å². The zero-order valence-electron chi connectivity index (χ0n) is 18.1. The van der Waals surface area contributed by atoms with E-state index in [9.17, 15) is 4.79 Å². The van der Waals surface area contributed by atoms with Gasteiger partial charge in [0.05, 0.1) is 6.61 Å². The predicted molar refractivity (Wildman–Crippen MR) is 118 cm³/mol. The Morgan fingerprint density at radius 1 is 1.35 bits per heavy atom. The van der Waals surface area contributed by atoms with Crippen molar-refractivity contribution >= 4 is 22.8 Å². The average Bonchev–Trinajstić information content (AvgIpc) is 3.23. The maximum absolute atomic E-state index is 12.2. The Labute approximate surface area is 181 Å². The summed E-state index contributed by atoms with van der Waals surface area (Å²) in [5, 5.41) is 3.81. The Morgan fingerprint density at radius 2 is 2.16 bits per heavy atom. The highest BCUT2D eigenvalue weighted by atomic mass is 16.5. The minimum absolute atomic E-state index is 0.186. The molecule has 0 aliphatic carbocycles. The van der Waals surface area contributed by atoms with Crippen LogP contribution in [0.25, 0.3) is 11.0 Å². The Balaban J connectivity index is 1.52. The Hall–Kier alpha value is -3.20. The van der Waals surface area contributed by atoms with Crippen LogP contribution < -0.4 is 15.0 Å². The van der Waals surface area contributed by atoms with Gasteiger partial charge >= 0.3 is 6.01 Å². The third-order valence-corrected chi connectivity index (χ3v) is 5.60. The third-order valence-electron chi connectivity index (χ3n) is 5.60. The number of aromatic amines is 1. The lowest BCUT2D eigenvalue weighted by molar-refractivity contribution is 0.0844. The van der Waals surface area contributed by atoms with Crippen LogP contribution in [0, 0.1) is 0 Å². The van der Waals surface area contributed by atoms with Crippen molar-refractivity contribution in [3.8, 4) is 6.01 Å². The molecule has 4 heterocycles. The fraction of sp³-hybridized carbons (Fsp3) is 0.455. The van der Waals surface area contributed by atoms with Gasteiger partial charge in [-0.2, -0.15) is 9.97 Å². The second-order valence-electron chi connectivity index (χ2n) is 7.76. The number of hydrogen-bond acceptors (Lipinski definition) is 7. The molecule has 31 heavy (non-hydrogen) atoms. The van der Waals surface area contributed by atoms with Gasteiger partial charge in [-0.3, -0.25) is 4.79 Å². The van der Waals surface area contributed by atoms with Crippen molar-refractivity contribution in [2.75, 3.05) is 38.8 Å². The molecule has 0 radical (unpaired) electrons. The van der Waals surface area contributed by atoms with E-state index in [1.807, 2.05) is 13.0 Å². The van der Waals surface area contributed by atoms with Gasteiger partial charge in [-0.05, 0) is 43.4 Å². The normalized spacial score (nSPS) is 15.8. The number of nitrogens with one attached hydrogen (secondary N) is 2. The number of methoxy groups -OCH3 is 1. The van der Waals surface area contributed by atoms with E-state index in [0.717, 1.165) is 31.6 Å². The average molecular weight is 425 g/mol. The number of hydrogen-bond donors (Lipinski definition) is 2. The fourth-order valence-corrected chi connectivity index (χ4v) is 4.06. The number of piperidine rings is 1. The molecule has 0 aromatic carbocycles. The van der Waals surface area contributed by atoms with E-state index in [1.165, 1.54) is 10.9 Å². The molecule has 3 aromatic heterocycles. The first kappa shape index (κ1) is 21.0. The molecule has 2 N–H and O–H groups in total. The Kier molecular flexibility index (Phi) is 6.31. The number of nitrogens with zero attached hydrogens (tertiary/aromatic N) is 4. The number of anilines is 1. The molecule has 1 aliphatic rings. The smallest absolute Gasteiger partial charge is 0.319 e. The summed E-state index contributed by atoms with van der Waals surface area (Å²) >= 11 is 0. The molecule has 9 nitrogen and oxygen atoms in total. The molecule has 164 valence electrons. The first-order valence-corrected chi connectivity index (χ1v) is 10.5. The number of fused-ring (bicyclic) bond motifs is 1. The van der Waals surface area contributed by atoms with E-state index in [4.69, 9.17) is 9.47 Å². The van der Waals surface area contributed by atoms with Crippen molar-refractivity contribution in [1.29, 1.82) is 0 Å². The second-order valence-corrected chi connectivity index (χ2v) is 7.76. The van der Waals surface area contributed by atoms with Crippen molar-refractivity contribution < 1.29 is 14.3 Å². The number of amides is 1. The highest BCUT2D eigenvalue weighted by Gasteiger charge is 2.25.